The average molecular weight is 621 g/mol. The van der Waals surface area contributed by atoms with Crippen LogP contribution >= 0.6 is 0 Å². The van der Waals surface area contributed by atoms with E-state index in [2.05, 4.69) is 54.6 Å². The molecule has 48 heavy (non-hydrogen) atoms. The third-order valence-corrected chi connectivity index (χ3v) is 11.2. The monoisotopic (exact) mass is 620 g/mol. The van der Waals surface area contributed by atoms with Gasteiger partial charge in [-0.3, -0.25) is 0 Å². The maximum absolute atomic E-state index is 10.3. The van der Waals surface area contributed by atoms with Crippen molar-refractivity contribution in [2.45, 2.75) is 43.9 Å². The molecule has 5 aromatic carbocycles. The standard InChI is InChI=1S/C44H36N4/c45-28-38-24-37(43-47-41(35-7-3-1-4-8-35)46-42(48-43)36-9-5-2-6-10-36)17-20-40(38)34-13-11-32(12-14-34)33-15-18-39(19-16-33)44-25-29-21-30(26-44)23-31(22-29)27-44/h1-20,24,29-31H,21-23,25-27H2. The third-order valence-electron chi connectivity index (χ3n) is 11.2. The molecule has 0 spiro atoms. The largest absolute Gasteiger partial charge is 0.208 e. The lowest BCUT2D eigenvalue weighted by atomic mass is 9.48. The van der Waals surface area contributed by atoms with Crippen molar-refractivity contribution >= 4 is 0 Å². The molecule has 0 N–H and O–H groups in total. The van der Waals surface area contributed by atoms with Gasteiger partial charge in [-0.15, -0.1) is 0 Å². The van der Waals surface area contributed by atoms with Gasteiger partial charge in [0, 0.05) is 16.7 Å². The zero-order valence-electron chi connectivity index (χ0n) is 26.9. The molecule has 0 aliphatic heterocycles. The van der Waals surface area contributed by atoms with E-state index in [0.29, 0.717) is 28.5 Å². The van der Waals surface area contributed by atoms with Crippen molar-refractivity contribution in [3.8, 4) is 62.5 Å². The molecule has 4 bridgehead atoms. The van der Waals surface area contributed by atoms with Crippen molar-refractivity contribution in [2.75, 3.05) is 0 Å². The fraction of sp³-hybridized carbons (Fsp3) is 0.227. The number of hydrogen-bond donors (Lipinski definition) is 0. The molecule has 0 atom stereocenters. The van der Waals surface area contributed by atoms with Crippen LogP contribution in [0.15, 0.2) is 127 Å². The number of nitrogens with zero attached hydrogens (tertiary/aromatic N) is 4. The molecule has 0 radical (unpaired) electrons. The number of nitriles is 1. The predicted octanol–water partition coefficient (Wildman–Crippen LogP) is 10.5. The van der Waals surface area contributed by atoms with Gasteiger partial charge in [-0.25, -0.2) is 15.0 Å². The normalized spacial score (nSPS) is 22.4. The van der Waals surface area contributed by atoms with Crippen LogP contribution < -0.4 is 0 Å². The second-order valence-electron chi connectivity index (χ2n) is 14.3. The molecule has 1 heterocycles. The molecule has 10 rings (SSSR count). The van der Waals surface area contributed by atoms with Crippen molar-refractivity contribution < 1.29 is 0 Å². The topological polar surface area (TPSA) is 62.5 Å². The van der Waals surface area contributed by atoms with E-state index in [1.54, 1.807) is 5.56 Å². The first-order chi connectivity index (χ1) is 23.6. The molecular formula is C44H36N4. The Morgan fingerprint density at radius 1 is 0.479 bits per heavy atom. The SMILES string of the molecule is N#Cc1cc(-c2nc(-c3ccccc3)nc(-c3ccccc3)n2)ccc1-c1ccc(-c2ccc(C34CC5CC(CC(C5)C3)C4)cc2)cc1. The number of benzene rings is 5. The molecular weight excluding hydrogens is 585 g/mol. The summed E-state index contributed by atoms with van der Waals surface area (Å²) in [4.78, 5) is 14.5. The Bertz CT molecular complexity index is 2050. The summed E-state index contributed by atoms with van der Waals surface area (Å²) < 4.78 is 0. The van der Waals surface area contributed by atoms with Crippen molar-refractivity contribution in [3.05, 3.63) is 139 Å². The van der Waals surface area contributed by atoms with Crippen LogP contribution in [0, 0.1) is 29.1 Å². The van der Waals surface area contributed by atoms with Gasteiger partial charge in [0.25, 0.3) is 0 Å². The van der Waals surface area contributed by atoms with Crippen LogP contribution in [-0.4, -0.2) is 15.0 Å². The van der Waals surface area contributed by atoms with Gasteiger partial charge in [0.1, 0.15) is 0 Å². The van der Waals surface area contributed by atoms with E-state index in [9.17, 15) is 5.26 Å². The quantitative estimate of drug-likeness (QED) is 0.186. The highest BCUT2D eigenvalue weighted by atomic mass is 15.0. The molecule has 1 aromatic heterocycles. The lowest BCUT2D eigenvalue weighted by Gasteiger charge is -2.57. The zero-order valence-corrected chi connectivity index (χ0v) is 26.9. The maximum atomic E-state index is 10.3. The van der Waals surface area contributed by atoms with Crippen molar-refractivity contribution in [1.29, 1.82) is 5.26 Å². The molecule has 4 fully saturated rings. The first-order valence-electron chi connectivity index (χ1n) is 17.3. The van der Waals surface area contributed by atoms with E-state index in [4.69, 9.17) is 15.0 Å². The molecule has 4 saturated carbocycles. The van der Waals surface area contributed by atoms with Crippen LogP contribution in [0.2, 0.25) is 0 Å². The van der Waals surface area contributed by atoms with Gasteiger partial charge < -0.3 is 0 Å². The second kappa shape index (κ2) is 11.7. The Hall–Kier alpha value is -5.40. The Morgan fingerprint density at radius 2 is 0.917 bits per heavy atom. The highest BCUT2D eigenvalue weighted by Crippen LogP contribution is 2.60. The third kappa shape index (κ3) is 5.20. The predicted molar refractivity (Wildman–Crippen MR) is 192 cm³/mol. The zero-order chi connectivity index (χ0) is 32.1. The van der Waals surface area contributed by atoms with Gasteiger partial charge in [0.15, 0.2) is 17.5 Å². The first-order valence-corrected chi connectivity index (χ1v) is 17.3. The van der Waals surface area contributed by atoms with Crippen LogP contribution in [-0.2, 0) is 5.41 Å². The van der Waals surface area contributed by atoms with E-state index >= 15 is 0 Å². The summed E-state index contributed by atoms with van der Waals surface area (Å²) in [5.74, 6) is 4.59. The van der Waals surface area contributed by atoms with Crippen LogP contribution in [0.3, 0.4) is 0 Å². The molecule has 232 valence electrons. The maximum Gasteiger partial charge on any atom is 0.164 e. The highest BCUT2D eigenvalue weighted by Gasteiger charge is 2.51. The summed E-state index contributed by atoms with van der Waals surface area (Å²) in [5.41, 5.74) is 9.52. The summed E-state index contributed by atoms with van der Waals surface area (Å²) in [7, 11) is 0. The van der Waals surface area contributed by atoms with E-state index in [1.165, 1.54) is 49.7 Å². The molecule has 6 aromatic rings. The van der Waals surface area contributed by atoms with Gasteiger partial charge in [-0.05, 0) is 95.6 Å². The van der Waals surface area contributed by atoms with E-state index in [-0.39, 0.29) is 0 Å². The van der Waals surface area contributed by atoms with E-state index in [1.807, 2.05) is 78.9 Å². The number of rotatable bonds is 6. The molecule has 4 heteroatoms. The van der Waals surface area contributed by atoms with E-state index < -0.39 is 0 Å². The van der Waals surface area contributed by atoms with E-state index in [0.717, 1.165) is 45.6 Å². The molecule has 0 saturated heterocycles. The molecule has 4 aliphatic carbocycles. The summed E-state index contributed by atoms with van der Waals surface area (Å²) in [6.45, 7) is 0. The van der Waals surface area contributed by atoms with Crippen molar-refractivity contribution in [3.63, 3.8) is 0 Å². The number of hydrogen-bond acceptors (Lipinski definition) is 4. The minimum atomic E-state index is 0.421. The highest BCUT2D eigenvalue weighted by molar-refractivity contribution is 5.77. The average Bonchev–Trinajstić information content (AvgIpc) is 3.15. The second-order valence-corrected chi connectivity index (χ2v) is 14.3. The lowest BCUT2D eigenvalue weighted by molar-refractivity contribution is -0.00518. The Morgan fingerprint density at radius 3 is 1.42 bits per heavy atom. The lowest BCUT2D eigenvalue weighted by Crippen LogP contribution is -2.48. The van der Waals surface area contributed by atoms with Gasteiger partial charge in [-0.1, -0.05) is 121 Å². The van der Waals surface area contributed by atoms with Gasteiger partial charge in [0.2, 0.25) is 0 Å². The van der Waals surface area contributed by atoms with Crippen LogP contribution in [0.1, 0.15) is 49.7 Å². The van der Waals surface area contributed by atoms with Crippen molar-refractivity contribution in [1.82, 2.24) is 15.0 Å². The minimum absolute atomic E-state index is 0.421. The van der Waals surface area contributed by atoms with Crippen molar-refractivity contribution in [2.24, 2.45) is 17.8 Å². The summed E-state index contributed by atoms with van der Waals surface area (Å²) >= 11 is 0. The fourth-order valence-electron chi connectivity index (χ4n) is 9.29. The Kier molecular flexibility index (Phi) is 7.01. The fourth-order valence-corrected chi connectivity index (χ4v) is 9.29. The first kappa shape index (κ1) is 28.8. The summed E-state index contributed by atoms with van der Waals surface area (Å²) in [6.07, 6.45) is 8.60. The molecule has 4 nitrogen and oxygen atoms in total. The Labute approximate surface area is 282 Å². The van der Waals surface area contributed by atoms with Crippen LogP contribution in [0.4, 0.5) is 0 Å². The summed E-state index contributed by atoms with van der Waals surface area (Å²) in [6, 6.07) is 46.3. The molecule has 0 amide bonds. The van der Waals surface area contributed by atoms with Crippen LogP contribution in [0.5, 0.6) is 0 Å². The minimum Gasteiger partial charge on any atom is -0.208 e. The molecule has 4 aliphatic rings. The summed E-state index contributed by atoms with van der Waals surface area (Å²) in [5, 5.41) is 10.3. The van der Waals surface area contributed by atoms with Crippen LogP contribution in [0.25, 0.3) is 56.4 Å². The molecule has 0 unspecified atom stereocenters. The van der Waals surface area contributed by atoms with Gasteiger partial charge >= 0.3 is 0 Å². The Balaban J connectivity index is 1.00. The van der Waals surface area contributed by atoms with Gasteiger partial charge in [-0.2, -0.15) is 5.26 Å². The smallest absolute Gasteiger partial charge is 0.164 e. The van der Waals surface area contributed by atoms with Gasteiger partial charge in [0.05, 0.1) is 11.6 Å². The number of aromatic nitrogens is 3.